The fraction of sp³-hybridized carbons (Fsp3) is 0.375. The van der Waals surface area contributed by atoms with Crippen LogP contribution in [0, 0.1) is 12.8 Å². The lowest BCUT2D eigenvalue weighted by Gasteiger charge is -2.15. The molecule has 2 N–H and O–H groups in total. The first kappa shape index (κ1) is 19.9. The van der Waals surface area contributed by atoms with E-state index in [-0.39, 0.29) is 30.7 Å². The molecule has 0 radical (unpaired) electrons. The highest BCUT2D eigenvalue weighted by Gasteiger charge is 2.28. The van der Waals surface area contributed by atoms with Gasteiger partial charge in [-0.05, 0) is 25.8 Å². The Morgan fingerprint density at radius 3 is 2.65 bits per heavy atom. The molecule has 4 nitrogen and oxygen atoms in total. The minimum Gasteiger partial charge on any atom is -0.338 e. The zero-order valence-electron chi connectivity index (χ0n) is 12.9. The van der Waals surface area contributed by atoms with Gasteiger partial charge in [0.05, 0.1) is 5.69 Å². The largest absolute Gasteiger partial charge is 0.338 e. The number of aromatic nitrogens is 1. The van der Waals surface area contributed by atoms with E-state index >= 15 is 0 Å². The first-order chi connectivity index (χ1) is 10.2. The lowest BCUT2D eigenvalue weighted by atomic mass is 10.1. The molecule has 0 spiro atoms. The molecule has 1 aliphatic rings. The molecule has 1 amide bonds. The fourth-order valence-corrected chi connectivity index (χ4v) is 3.69. The van der Waals surface area contributed by atoms with Crippen LogP contribution in [0.4, 0.5) is 0 Å². The summed E-state index contributed by atoms with van der Waals surface area (Å²) in [4.78, 5) is 19.9. The van der Waals surface area contributed by atoms with E-state index in [4.69, 9.17) is 5.73 Å². The van der Waals surface area contributed by atoms with Gasteiger partial charge in [0.15, 0.2) is 0 Å². The van der Waals surface area contributed by atoms with Crippen LogP contribution in [0.3, 0.4) is 0 Å². The summed E-state index contributed by atoms with van der Waals surface area (Å²) in [5.41, 5.74) is 7.58. The molecule has 2 aromatic rings. The predicted octanol–water partition coefficient (Wildman–Crippen LogP) is 3.38. The Kier molecular flexibility index (Phi) is 7.48. The van der Waals surface area contributed by atoms with E-state index in [1.54, 1.807) is 0 Å². The molecule has 3 rings (SSSR count). The highest BCUT2D eigenvalue weighted by molar-refractivity contribution is 7.17. The van der Waals surface area contributed by atoms with Gasteiger partial charge in [-0.1, -0.05) is 30.3 Å². The first-order valence-corrected chi connectivity index (χ1v) is 8.03. The molecule has 0 bridgehead atoms. The molecule has 1 unspecified atom stereocenters. The minimum absolute atomic E-state index is 0. The first-order valence-electron chi connectivity index (χ1n) is 7.21. The number of likely N-dealkylation sites (tertiary alicyclic amines) is 1. The van der Waals surface area contributed by atoms with E-state index in [0.29, 0.717) is 12.5 Å². The molecule has 0 aliphatic carbocycles. The number of halogens is 2. The van der Waals surface area contributed by atoms with Gasteiger partial charge in [-0.15, -0.1) is 36.2 Å². The van der Waals surface area contributed by atoms with Gasteiger partial charge < -0.3 is 10.6 Å². The molecular formula is C16H21Cl2N3OS. The molecule has 2 heterocycles. The van der Waals surface area contributed by atoms with Crippen molar-refractivity contribution < 1.29 is 4.79 Å². The van der Waals surface area contributed by atoms with Gasteiger partial charge in [0.25, 0.3) is 5.91 Å². The molecule has 23 heavy (non-hydrogen) atoms. The van der Waals surface area contributed by atoms with Gasteiger partial charge in [-0.25, -0.2) is 4.98 Å². The number of benzene rings is 1. The summed E-state index contributed by atoms with van der Waals surface area (Å²) < 4.78 is 0. The van der Waals surface area contributed by atoms with Gasteiger partial charge in [0.1, 0.15) is 9.88 Å². The van der Waals surface area contributed by atoms with Crippen LogP contribution in [0.15, 0.2) is 30.3 Å². The SMILES string of the molecule is Cc1nc(-c2ccccc2)sc1C(=O)N1CCC(CN)C1.Cl.Cl. The average Bonchev–Trinajstić information content (AvgIpc) is 3.14. The number of hydrogen-bond donors (Lipinski definition) is 1. The summed E-state index contributed by atoms with van der Waals surface area (Å²) in [7, 11) is 0. The van der Waals surface area contributed by atoms with Crippen molar-refractivity contribution in [2.75, 3.05) is 19.6 Å². The van der Waals surface area contributed by atoms with Gasteiger partial charge in [-0.2, -0.15) is 0 Å². The number of aryl methyl sites for hydroxylation is 1. The molecular weight excluding hydrogens is 353 g/mol. The van der Waals surface area contributed by atoms with E-state index < -0.39 is 0 Å². The van der Waals surface area contributed by atoms with Crippen molar-refractivity contribution in [3.8, 4) is 10.6 Å². The van der Waals surface area contributed by atoms with E-state index in [1.807, 2.05) is 42.2 Å². The van der Waals surface area contributed by atoms with Crippen LogP contribution in [-0.2, 0) is 0 Å². The van der Waals surface area contributed by atoms with Crippen molar-refractivity contribution in [1.82, 2.24) is 9.88 Å². The molecule has 1 aromatic carbocycles. The second-order valence-electron chi connectivity index (χ2n) is 5.44. The van der Waals surface area contributed by atoms with Gasteiger partial charge in [0.2, 0.25) is 0 Å². The Bertz CT molecular complexity index is 648. The summed E-state index contributed by atoms with van der Waals surface area (Å²) >= 11 is 1.48. The lowest BCUT2D eigenvalue weighted by molar-refractivity contribution is 0.0791. The number of hydrogen-bond acceptors (Lipinski definition) is 4. The quantitative estimate of drug-likeness (QED) is 0.896. The van der Waals surface area contributed by atoms with Gasteiger partial charge in [0, 0.05) is 18.7 Å². The second kappa shape index (κ2) is 8.64. The maximum absolute atomic E-state index is 12.6. The summed E-state index contributed by atoms with van der Waals surface area (Å²) in [5.74, 6) is 0.541. The van der Waals surface area contributed by atoms with E-state index in [2.05, 4.69) is 4.98 Å². The number of carbonyl (C=O) groups excluding carboxylic acids is 1. The molecule has 1 aromatic heterocycles. The summed E-state index contributed by atoms with van der Waals surface area (Å²) in [5, 5.41) is 0.908. The third-order valence-corrected chi connectivity index (χ3v) is 5.11. The smallest absolute Gasteiger partial charge is 0.265 e. The molecule has 7 heteroatoms. The van der Waals surface area contributed by atoms with Crippen molar-refractivity contribution in [3.63, 3.8) is 0 Å². The fourth-order valence-electron chi connectivity index (χ4n) is 2.65. The standard InChI is InChI=1S/C16H19N3OS.2ClH/c1-11-14(16(20)19-8-7-12(9-17)10-19)21-15(18-11)13-5-3-2-4-6-13;;/h2-6,12H,7-10,17H2,1H3;2*1H. The van der Waals surface area contributed by atoms with E-state index in [0.717, 1.165) is 40.7 Å². The monoisotopic (exact) mass is 373 g/mol. The molecule has 1 saturated heterocycles. The van der Waals surface area contributed by atoms with Crippen LogP contribution in [0.2, 0.25) is 0 Å². The third kappa shape index (κ3) is 4.23. The van der Waals surface area contributed by atoms with Crippen molar-refractivity contribution in [2.45, 2.75) is 13.3 Å². The number of rotatable bonds is 3. The van der Waals surface area contributed by atoms with Crippen molar-refractivity contribution in [1.29, 1.82) is 0 Å². The molecule has 126 valence electrons. The Morgan fingerprint density at radius 2 is 2.04 bits per heavy atom. The van der Waals surface area contributed by atoms with Crippen molar-refractivity contribution in [2.24, 2.45) is 11.7 Å². The van der Waals surface area contributed by atoms with Crippen LogP contribution >= 0.6 is 36.2 Å². The highest BCUT2D eigenvalue weighted by atomic mass is 35.5. The zero-order valence-corrected chi connectivity index (χ0v) is 15.3. The lowest BCUT2D eigenvalue weighted by Crippen LogP contribution is -2.29. The Labute approximate surface area is 152 Å². The predicted molar refractivity (Wildman–Crippen MR) is 99.8 cm³/mol. The number of nitrogens with zero attached hydrogens (tertiary/aromatic N) is 2. The van der Waals surface area contributed by atoms with Crippen molar-refractivity contribution >= 4 is 42.1 Å². The van der Waals surface area contributed by atoms with Crippen LogP contribution in [0.25, 0.3) is 10.6 Å². The highest BCUT2D eigenvalue weighted by Crippen LogP contribution is 2.29. The van der Waals surface area contributed by atoms with Gasteiger partial charge >= 0.3 is 0 Å². The number of amides is 1. The number of carbonyl (C=O) groups is 1. The normalized spacial score (nSPS) is 16.6. The number of thiazole rings is 1. The van der Waals surface area contributed by atoms with Crippen LogP contribution < -0.4 is 5.73 Å². The maximum atomic E-state index is 12.6. The van der Waals surface area contributed by atoms with E-state index in [9.17, 15) is 4.79 Å². The van der Waals surface area contributed by atoms with Crippen LogP contribution in [0.1, 0.15) is 21.8 Å². The summed E-state index contributed by atoms with van der Waals surface area (Å²) in [6, 6.07) is 9.99. The maximum Gasteiger partial charge on any atom is 0.265 e. The van der Waals surface area contributed by atoms with Crippen LogP contribution in [-0.4, -0.2) is 35.4 Å². The van der Waals surface area contributed by atoms with E-state index in [1.165, 1.54) is 11.3 Å². The molecule has 1 aliphatic heterocycles. The number of nitrogens with two attached hydrogens (primary N) is 1. The third-order valence-electron chi connectivity index (χ3n) is 3.92. The topological polar surface area (TPSA) is 59.2 Å². The summed E-state index contributed by atoms with van der Waals surface area (Å²) in [6.07, 6.45) is 1.01. The van der Waals surface area contributed by atoms with Crippen molar-refractivity contribution in [3.05, 3.63) is 40.9 Å². The Balaban J connectivity index is 0.00000132. The Hall–Kier alpha value is -1.14. The molecule has 1 fully saturated rings. The average molecular weight is 374 g/mol. The Morgan fingerprint density at radius 1 is 1.35 bits per heavy atom. The minimum atomic E-state index is 0. The zero-order chi connectivity index (χ0) is 14.8. The van der Waals surface area contributed by atoms with Gasteiger partial charge in [-0.3, -0.25) is 4.79 Å². The summed E-state index contributed by atoms with van der Waals surface area (Å²) in [6.45, 7) is 4.14. The molecule has 1 atom stereocenters. The van der Waals surface area contributed by atoms with Crippen LogP contribution in [0.5, 0.6) is 0 Å². The second-order valence-corrected chi connectivity index (χ2v) is 6.44. The molecule has 0 saturated carbocycles.